The molecule has 6 aromatic heterocycles. The van der Waals surface area contributed by atoms with Gasteiger partial charge < -0.3 is 4.98 Å². The molecular weight excluding hydrogens is 749 g/mol. The molecule has 0 radical (unpaired) electrons. The van der Waals surface area contributed by atoms with E-state index in [1.54, 1.807) is 69.1 Å². The maximum Gasteiger partial charge on any atom is 0.269 e. The number of fused-ring (bicyclic) bond motifs is 2. The van der Waals surface area contributed by atoms with Crippen LogP contribution < -0.4 is 0 Å². The van der Waals surface area contributed by atoms with Crippen molar-refractivity contribution in [2.45, 2.75) is 38.5 Å². The molecule has 0 saturated carbocycles. The van der Waals surface area contributed by atoms with Crippen molar-refractivity contribution in [3.63, 3.8) is 0 Å². The van der Waals surface area contributed by atoms with Gasteiger partial charge in [0.15, 0.2) is 5.65 Å². The van der Waals surface area contributed by atoms with E-state index in [2.05, 4.69) is 53.5 Å². The lowest BCUT2D eigenvalue weighted by Gasteiger charge is -2.11. The number of aromatic amines is 3. The topological polar surface area (TPSA) is 172 Å². The Morgan fingerprint density at radius 1 is 0.655 bits per heavy atom. The molecule has 0 saturated heterocycles. The first-order chi connectivity index (χ1) is 28.0. The molecule has 0 aliphatic heterocycles. The highest BCUT2D eigenvalue weighted by Gasteiger charge is 2.26. The highest BCUT2D eigenvalue weighted by Crippen LogP contribution is 2.37. The van der Waals surface area contributed by atoms with Gasteiger partial charge in [-0.3, -0.25) is 19.8 Å². The lowest BCUT2D eigenvalue weighted by molar-refractivity contribution is -0.117. The van der Waals surface area contributed by atoms with E-state index >= 15 is 0 Å². The van der Waals surface area contributed by atoms with Gasteiger partial charge in [-0.2, -0.15) is 10.2 Å². The van der Waals surface area contributed by atoms with Crippen molar-refractivity contribution in [1.29, 1.82) is 0 Å². The number of benzene rings is 3. The number of nitrogens with zero attached hydrogens (tertiary/aromatic N) is 5. The molecule has 0 spiro atoms. The van der Waals surface area contributed by atoms with Gasteiger partial charge in [-0.05, 0) is 90.6 Å². The van der Waals surface area contributed by atoms with Crippen molar-refractivity contribution in [2.75, 3.05) is 0 Å². The second kappa shape index (κ2) is 15.7. The Kier molecular flexibility index (Phi) is 10.2. The summed E-state index contributed by atoms with van der Waals surface area (Å²) in [4.78, 5) is 35.4. The summed E-state index contributed by atoms with van der Waals surface area (Å²) in [5.74, 6) is 0.241. The number of hydrogen-bond acceptors (Lipinski definition) is 8. The molecule has 9 aromatic rings. The second-order valence-electron chi connectivity index (χ2n) is 14.1. The second-order valence-corrected chi connectivity index (χ2v) is 15.9. The molecule has 0 aliphatic rings. The van der Waals surface area contributed by atoms with E-state index in [1.165, 1.54) is 3.97 Å². The summed E-state index contributed by atoms with van der Waals surface area (Å²) in [7, 11) is -3.95. The van der Waals surface area contributed by atoms with Gasteiger partial charge in [-0.25, -0.2) is 22.4 Å². The monoisotopic (exact) mass is 786 g/mol. The third-order valence-electron chi connectivity index (χ3n) is 9.74. The normalized spacial score (nSPS) is 11.4. The molecule has 0 fully saturated rings. The standard InChI is InChI=1S/C26H22N4O3S.C19H16N4O/c1-17-6-8-22(9-7-17)34(32,33)30-25(21-15-28-29-16-21)14-24-23(10-11-27-26(24)30)20-5-3-4-19(13-20)12-18(2)31;1-12(24)7-13-3-2-4-14(8-13)16-5-6-20-19-17(16)9-18(23-19)15-10-21-22-11-15/h3-11,13-16H,12H2,1-2H3,(H,28,29);2-6,8-11H,7H2,1H3,(H,20,23)(H,21,22). The number of nitrogens with one attached hydrogen (secondary N) is 3. The number of H-pyrrole nitrogens is 3. The number of aryl methyl sites for hydroxylation is 1. The Morgan fingerprint density at radius 3 is 1.83 bits per heavy atom. The van der Waals surface area contributed by atoms with E-state index in [1.807, 2.05) is 67.7 Å². The number of aromatic nitrogens is 8. The van der Waals surface area contributed by atoms with E-state index in [0.29, 0.717) is 35.1 Å². The molecule has 0 amide bonds. The fraction of sp³-hybridized carbons (Fsp3) is 0.111. The Hall–Kier alpha value is -7.25. The Bertz CT molecular complexity index is 3040. The molecule has 6 heterocycles. The molecule has 58 heavy (non-hydrogen) atoms. The first-order valence-corrected chi connectivity index (χ1v) is 20.0. The van der Waals surface area contributed by atoms with Gasteiger partial charge >= 0.3 is 0 Å². The van der Waals surface area contributed by atoms with Gasteiger partial charge in [0.05, 0.1) is 28.7 Å². The maximum absolute atomic E-state index is 13.8. The van der Waals surface area contributed by atoms with Crippen molar-refractivity contribution in [1.82, 2.24) is 39.3 Å². The van der Waals surface area contributed by atoms with Crippen LogP contribution in [0.3, 0.4) is 0 Å². The average molecular weight is 787 g/mol. The average Bonchev–Trinajstić information content (AvgIpc) is 4.04. The summed E-state index contributed by atoms with van der Waals surface area (Å²) in [5.41, 5.74) is 11.0. The number of Topliss-reactive ketones (excluding diaryl/α,β-unsaturated/α-hetero) is 2. The van der Waals surface area contributed by atoms with Crippen molar-refractivity contribution in [3.8, 4) is 44.8 Å². The van der Waals surface area contributed by atoms with Crippen LogP contribution in [-0.2, 0) is 32.5 Å². The highest BCUT2D eigenvalue weighted by molar-refractivity contribution is 7.90. The van der Waals surface area contributed by atoms with Crippen LogP contribution in [0.5, 0.6) is 0 Å². The zero-order chi connectivity index (χ0) is 40.4. The first kappa shape index (κ1) is 37.7. The van der Waals surface area contributed by atoms with Crippen LogP contribution in [0.25, 0.3) is 66.8 Å². The van der Waals surface area contributed by atoms with Crippen LogP contribution in [0.4, 0.5) is 0 Å². The van der Waals surface area contributed by atoms with E-state index in [0.717, 1.165) is 61.2 Å². The summed E-state index contributed by atoms with van der Waals surface area (Å²) in [6, 6.07) is 30.3. The van der Waals surface area contributed by atoms with Gasteiger partial charge in [-0.1, -0.05) is 66.2 Å². The van der Waals surface area contributed by atoms with Gasteiger partial charge in [0.2, 0.25) is 0 Å². The molecule has 288 valence electrons. The minimum Gasteiger partial charge on any atom is -0.339 e. The van der Waals surface area contributed by atoms with Crippen molar-refractivity contribution in [3.05, 3.63) is 151 Å². The lowest BCUT2D eigenvalue weighted by Crippen LogP contribution is -2.14. The van der Waals surface area contributed by atoms with Crippen LogP contribution in [0.1, 0.15) is 30.5 Å². The first-order valence-electron chi connectivity index (χ1n) is 18.5. The van der Waals surface area contributed by atoms with E-state index in [4.69, 9.17) is 0 Å². The van der Waals surface area contributed by atoms with Gasteiger partial charge in [0.1, 0.15) is 17.2 Å². The number of rotatable bonds is 10. The molecule has 12 nitrogen and oxygen atoms in total. The molecule has 0 bridgehead atoms. The lowest BCUT2D eigenvalue weighted by atomic mass is 9.99. The highest BCUT2D eigenvalue weighted by atomic mass is 32.2. The predicted octanol–water partition coefficient (Wildman–Crippen LogP) is 8.52. The summed E-state index contributed by atoms with van der Waals surface area (Å²) >= 11 is 0. The molecule has 3 N–H and O–H groups in total. The number of carbonyl (C=O) groups is 2. The molecule has 0 aliphatic carbocycles. The summed E-state index contributed by atoms with van der Waals surface area (Å²) in [6.45, 7) is 5.08. The number of pyridine rings is 2. The summed E-state index contributed by atoms with van der Waals surface area (Å²) in [6.07, 6.45) is 11.1. The fourth-order valence-corrected chi connectivity index (χ4v) is 8.56. The van der Waals surface area contributed by atoms with E-state index in [9.17, 15) is 18.0 Å². The van der Waals surface area contributed by atoms with E-state index in [-0.39, 0.29) is 16.5 Å². The zero-order valence-corrected chi connectivity index (χ0v) is 32.7. The number of carbonyl (C=O) groups excluding carboxylic acids is 2. The molecule has 13 heteroatoms. The molecule has 0 unspecified atom stereocenters. The van der Waals surface area contributed by atoms with Gasteiger partial charge in [0.25, 0.3) is 10.0 Å². The Labute approximate surface area is 334 Å². The third-order valence-corrected chi connectivity index (χ3v) is 11.5. The van der Waals surface area contributed by atoms with Gasteiger partial charge in [0, 0.05) is 59.5 Å². The maximum atomic E-state index is 13.8. The minimum absolute atomic E-state index is 0.0783. The summed E-state index contributed by atoms with van der Waals surface area (Å²) in [5, 5.41) is 15.3. The zero-order valence-electron chi connectivity index (χ0n) is 31.9. The molecule has 0 atom stereocenters. The van der Waals surface area contributed by atoms with Crippen LogP contribution >= 0.6 is 0 Å². The minimum atomic E-state index is -3.95. The number of ketones is 2. The van der Waals surface area contributed by atoms with Crippen molar-refractivity contribution < 1.29 is 18.0 Å². The molecular formula is C45H38N8O4S. The molecule has 3 aromatic carbocycles. The van der Waals surface area contributed by atoms with Crippen molar-refractivity contribution in [2.24, 2.45) is 0 Å². The smallest absolute Gasteiger partial charge is 0.269 e. The van der Waals surface area contributed by atoms with E-state index < -0.39 is 10.0 Å². The van der Waals surface area contributed by atoms with Gasteiger partial charge in [-0.15, -0.1) is 0 Å². The molecule has 9 rings (SSSR count). The van der Waals surface area contributed by atoms with Crippen LogP contribution in [0.15, 0.2) is 139 Å². The quantitative estimate of drug-likeness (QED) is 0.124. The predicted molar refractivity (Wildman–Crippen MR) is 224 cm³/mol. The van der Waals surface area contributed by atoms with Crippen LogP contribution in [0.2, 0.25) is 0 Å². The SMILES string of the molecule is CC(=O)Cc1cccc(-c2ccnc3[nH]c(-c4cn[nH]c4)cc23)c1.CC(=O)Cc1cccc(-c2ccnc3c2cc(-c2cn[nH]c2)n3S(=O)(=O)c2ccc(C)cc2)c1. The summed E-state index contributed by atoms with van der Waals surface area (Å²) < 4.78 is 28.9. The number of hydrogen-bond donors (Lipinski definition) is 3. The third kappa shape index (κ3) is 7.62. The Morgan fingerprint density at radius 2 is 1.24 bits per heavy atom. The van der Waals surface area contributed by atoms with Crippen LogP contribution in [-0.4, -0.2) is 59.3 Å². The van der Waals surface area contributed by atoms with Crippen molar-refractivity contribution >= 4 is 43.7 Å². The largest absolute Gasteiger partial charge is 0.339 e. The van der Waals surface area contributed by atoms with Crippen LogP contribution in [0, 0.1) is 6.92 Å². The Balaban J connectivity index is 0.000000172. The fourth-order valence-electron chi connectivity index (χ4n) is 7.08.